The first-order valence-electron chi connectivity index (χ1n) is 9.72. The Hall–Kier alpha value is -2.83. The van der Waals surface area contributed by atoms with Crippen molar-refractivity contribution in [2.24, 2.45) is 5.92 Å². The summed E-state index contributed by atoms with van der Waals surface area (Å²) in [5.41, 5.74) is 0.502. The fourth-order valence-electron chi connectivity index (χ4n) is 3.40. The van der Waals surface area contributed by atoms with Crippen LogP contribution in [0.3, 0.4) is 0 Å². The van der Waals surface area contributed by atoms with E-state index in [1.807, 2.05) is 6.92 Å². The molecule has 7 nitrogen and oxygen atoms in total. The minimum absolute atomic E-state index is 0.0628. The lowest BCUT2D eigenvalue weighted by Gasteiger charge is -2.22. The van der Waals surface area contributed by atoms with E-state index in [4.69, 9.17) is 0 Å². The normalized spacial score (nSPS) is 20.0. The summed E-state index contributed by atoms with van der Waals surface area (Å²) >= 11 is 0. The average molecular weight is 388 g/mol. The molecule has 3 atom stereocenters. The Morgan fingerprint density at radius 1 is 1.25 bits per heavy atom. The summed E-state index contributed by atoms with van der Waals surface area (Å²) in [4.78, 5) is 36.2. The van der Waals surface area contributed by atoms with E-state index >= 15 is 0 Å². The molecule has 1 aliphatic carbocycles. The third-order valence-corrected chi connectivity index (χ3v) is 4.99. The van der Waals surface area contributed by atoms with Crippen LogP contribution in [0.4, 0.5) is 0 Å². The van der Waals surface area contributed by atoms with Gasteiger partial charge in [0.15, 0.2) is 0 Å². The van der Waals surface area contributed by atoms with E-state index in [9.17, 15) is 24.6 Å². The maximum atomic E-state index is 12.7. The number of rotatable bonds is 9. The third-order valence-electron chi connectivity index (χ3n) is 4.99. The molecule has 2 amide bonds. The summed E-state index contributed by atoms with van der Waals surface area (Å²) in [6.07, 6.45) is 6.80. The van der Waals surface area contributed by atoms with Crippen LogP contribution < -0.4 is 10.6 Å². The highest BCUT2D eigenvalue weighted by Gasteiger charge is 2.35. The molecular formula is C21H28N2O5. The zero-order valence-electron chi connectivity index (χ0n) is 16.1. The van der Waals surface area contributed by atoms with Gasteiger partial charge >= 0.3 is 5.97 Å². The van der Waals surface area contributed by atoms with E-state index in [-0.39, 0.29) is 11.7 Å². The van der Waals surface area contributed by atoms with Crippen LogP contribution in [0.5, 0.6) is 5.75 Å². The first kappa shape index (κ1) is 21.5. The van der Waals surface area contributed by atoms with Crippen LogP contribution >= 0.6 is 0 Å². The van der Waals surface area contributed by atoms with Crippen molar-refractivity contribution < 1.29 is 24.6 Å². The highest BCUT2D eigenvalue weighted by Crippen LogP contribution is 2.26. The van der Waals surface area contributed by atoms with Gasteiger partial charge in [-0.3, -0.25) is 14.4 Å². The number of carboxylic acids is 1. The van der Waals surface area contributed by atoms with E-state index < -0.39 is 29.9 Å². The van der Waals surface area contributed by atoms with E-state index in [2.05, 4.69) is 10.6 Å². The molecule has 0 saturated heterocycles. The smallest absolute Gasteiger partial charge is 0.308 e. The molecule has 0 heterocycles. The Labute approximate surface area is 164 Å². The second kappa shape index (κ2) is 10.5. The number of phenols is 1. The second-order valence-electron chi connectivity index (χ2n) is 7.09. The second-order valence-corrected chi connectivity index (χ2v) is 7.09. The Balaban J connectivity index is 1.99. The maximum absolute atomic E-state index is 12.7. The van der Waals surface area contributed by atoms with Gasteiger partial charge in [0.25, 0.3) is 0 Å². The molecule has 152 valence electrons. The summed E-state index contributed by atoms with van der Waals surface area (Å²) in [7, 11) is 0. The van der Waals surface area contributed by atoms with Gasteiger partial charge in [-0.05, 0) is 31.4 Å². The van der Waals surface area contributed by atoms with Crippen LogP contribution in [-0.4, -0.2) is 40.1 Å². The van der Waals surface area contributed by atoms with Crippen molar-refractivity contribution in [2.45, 2.75) is 57.5 Å². The Bertz CT molecular complexity index is 731. The SMILES string of the molecule is CCCC[C@H](NC(=O)/C=C/c1ccccc1O)C(=O)N[C@H]1CCC[C@H]1C(=O)O. The van der Waals surface area contributed by atoms with Gasteiger partial charge in [0.05, 0.1) is 5.92 Å². The van der Waals surface area contributed by atoms with Crippen LogP contribution in [0.25, 0.3) is 6.08 Å². The number of para-hydroxylation sites is 1. The highest BCUT2D eigenvalue weighted by molar-refractivity contribution is 5.96. The summed E-state index contributed by atoms with van der Waals surface area (Å²) in [5, 5.41) is 24.5. The number of unbranched alkanes of at least 4 members (excludes halogenated alkanes) is 1. The molecule has 0 aromatic heterocycles. The van der Waals surface area contributed by atoms with E-state index in [1.54, 1.807) is 18.2 Å². The number of aromatic hydroxyl groups is 1. The lowest BCUT2D eigenvalue weighted by atomic mass is 10.0. The Morgan fingerprint density at radius 3 is 2.68 bits per heavy atom. The van der Waals surface area contributed by atoms with Crippen LogP contribution in [0.1, 0.15) is 51.0 Å². The van der Waals surface area contributed by atoms with Crippen molar-refractivity contribution in [1.82, 2.24) is 10.6 Å². The summed E-state index contributed by atoms with van der Waals surface area (Å²) in [6, 6.07) is 5.50. The van der Waals surface area contributed by atoms with Gasteiger partial charge in [-0.15, -0.1) is 0 Å². The van der Waals surface area contributed by atoms with Gasteiger partial charge in [0.1, 0.15) is 11.8 Å². The van der Waals surface area contributed by atoms with Gasteiger partial charge in [0, 0.05) is 17.7 Å². The molecule has 0 unspecified atom stereocenters. The maximum Gasteiger partial charge on any atom is 0.308 e. The number of benzene rings is 1. The molecule has 1 fully saturated rings. The lowest BCUT2D eigenvalue weighted by Crippen LogP contribution is -2.50. The van der Waals surface area contributed by atoms with Crippen molar-refractivity contribution in [1.29, 1.82) is 0 Å². The van der Waals surface area contributed by atoms with Crippen LogP contribution in [0.15, 0.2) is 30.3 Å². The minimum Gasteiger partial charge on any atom is -0.507 e. The summed E-state index contributed by atoms with van der Waals surface area (Å²) in [5.74, 6) is -2.21. The van der Waals surface area contributed by atoms with E-state index in [1.165, 1.54) is 18.2 Å². The molecule has 1 aromatic carbocycles. The Kier molecular flexibility index (Phi) is 8.04. The van der Waals surface area contributed by atoms with Crippen LogP contribution in [0, 0.1) is 5.92 Å². The van der Waals surface area contributed by atoms with Gasteiger partial charge < -0.3 is 20.8 Å². The van der Waals surface area contributed by atoms with Crippen molar-refractivity contribution in [2.75, 3.05) is 0 Å². The fraction of sp³-hybridized carbons (Fsp3) is 0.476. The number of carbonyl (C=O) groups is 3. The quantitative estimate of drug-likeness (QED) is 0.485. The van der Waals surface area contributed by atoms with E-state index in [0.717, 1.165) is 19.3 Å². The standard InChI is InChI=1S/C21H28N2O5/c1-2-3-9-17(20(26)23-16-10-6-8-15(16)21(27)28)22-19(25)13-12-14-7-4-5-11-18(14)24/h4-5,7,11-13,15-17,24H,2-3,6,8-10H2,1H3,(H,22,25)(H,23,26)(H,27,28)/b13-12+/t15-,16+,17+/m1/s1. The Morgan fingerprint density at radius 2 is 2.00 bits per heavy atom. The predicted octanol–water partition coefficient (Wildman–Crippen LogP) is 2.45. The molecule has 1 aromatic rings. The number of phenolic OH excluding ortho intramolecular Hbond substituents is 1. The molecule has 1 saturated carbocycles. The number of aliphatic carboxylic acids is 1. The van der Waals surface area contributed by atoms with Crippen molar-refractivity contribution in [3.05, 3.63) is 35.9 Å². The molecule has 0 bridgehead atoms. The zero-order valence-corrected chi connectivity index (χ0v) is 16.1. The fourth-order valence-corrected chi connectivity index (χ4v) is 3.40. The summed E-state index contributed by atoms with van der Waals surface area (Å²) in [6.45, 7) is 1.99. The molecule has 0 radical (unpaired) electrons. The lowest BCUT2D eigenvalue weighted by molar-refractivity contribution is -0.142. The zero-order chi connectivity index (χ0) is 20.5. The molecule has 4 N–H and O–H groups in total. The van der Waals surface area contributed by atoms with Crippen LogP contribution in [-0.2, 0) is 14.4 Å². The number of hydrogen-bond donors (Lipinski definition) is 4. The molecular weight excluding hydrogens is 360 g/mol. The monoisotopic (exact) mass is 388 g/mol. The number of hydrogen-bond acceptors (Lipinski definition) is 4. The molecule has 7 heteroatoms. The third kappa shape index (κ3) is 6.11. The molecule has 2 rings (SSSR count). The highest BCUT2D eigenvalue weighted by atomic mass is 16.4. The number of amides is 2. The topological polar surface area (TPSA) is 116 Å². The minimum atomic E-state index is -0.900. The van der Waals surface area contributed by atoms with Crippen molar-refractivity contribution in [3.63, 3.8) is 0 Å². The average Bonchev–Trinajstić information content (AvgIpc) is 3.12. The summed E-state index contributed by atoms with van der Waals surface area (Å²) < 4.78 is 0. The number of carbonyl (C=O) groups excluding carboxylic acids is 2. The van der Waals surface area contributed by atoms with E-state index in [0.29, 0.717) is 24.8 Å². The van der Waals surface area contributed by atoms with Gasteiger partial charge in [0.2, 0.25) is 11.8 Å². The molecule has 0 spiro atoms. The first-order chi connectivity index (χ1) is 13.4. The van der Waals surface area contributed by atoms with Gasteiger partial charge in [-0.1, -0.05) is 44.4 Å². The number of carboxylic acid groups (broad SMARTS) is 1. The van der Waals surface area contributed by atoms with Crippen molar-refractivity contribution >= 4 is 23.9 Å². The van der Waals surface area contributed by atoms with Gasteiger partial charge in [-0.2, -0.15) is 0 Å². The molecule has 0 aliphatic heterocycles. The van der Waals surface area contributed by atoms with Crippen molar-refractivity contribution in [3.8, 4) is 5.75 Å². The van der Waals surface area contributed by atoms with Gasteiger partial charge in [-0.25, -0.2) is 0 Å². The predicted molar refractivity (Wildman–Crippen MR) is 106 cm³/mol. The van der Waals surface area contributed by atoms with Crippen LogP contribution in [0.2, 0.25) is 0 Å². The number of nitrogens with one attached hydrogen (secondary N) is 2. The first-order valence-corrected chi connectivity index (χ1v) is 9.72. The molecule has 1 aliphatic rings. The molecule has 28 heavy (non-hydrogen) atoms. The largest absolute Gasteiger partial charge is 0.507 e.